The summed E-state index contributed by atoms with van der Waals surface area (Å²) in [5, 5.41) is 48.8. The minimum atomic E-state index is -2.66. The van der Waals surface area contributed by atoms with Crippen LogP contribution >= 0.6 is 0 Å². The van der Waals surface area contributed by atoms with E-state index in [9.17, 15) is 34.8 Å². The molecule has 2 fully saturated rings. The van der Waals surface area contributed by atoms with Crippen LogP contribution in [-0.4, -0.2) is 82.4 Å². The number of nitrogens with zero attached hydrogens (tertiary/aromatic N) is 1. The summed E-state index contributed by atoms with van der Waals surface area (Å²) < 4.78 is 5.56. The van der Waals surface area contributed by atoms with Crippen molar-refractivity contribution < 1.29 is 39.5 Å². The summed E-state index contributed by atoms with van der Waals surface area (Å²) in [7, 11) is 3.89. The van der Waals surface area contributed by atoms with Crippen molar-refractivity contribution in [3.8, 4) is 5.75 Å². The summed E-state index contributed by atoms with van der Waals surface area (Å²) in [6, 6.07) is 1.88. The number of carbonyl (C=O) groups is 3. The number of likely N-dealkylation sites (N-methyl/N-ethyl adjacent to an activating group) is 1. The molecule has 1 aromatic carbocycles. The van der Waals surface area contributed by atoms with Crippen LogP contribution in [0.25, 0.3) is 5.76 Å². The van der Waals surface area contributed by atoms with Crippen molar-refractivity contribution in [1.82, 2.24) is 10.2 Å². The number of allylic oxidation sites excluding steroid dienone is 1. The monoisotopic (exact) mass is 569 g/mol. The molecule has 4 aliphatic carbocycles. The average Bonchev–Trinajstić information content (AvgIpc) is 3.58. The van der Waals surface area contributed by atoms with E-state index in [0.29, 0.717) is 37.0 Å². The van der Waals surface area contributed by atoms with Gasteiger partial charge in [0, 0.05) is 35.6 Å². The van der Waals surface area contributed by atoms with Crippen LogP contribution in [0.3, 0.4) is 0 Å². The molecule has 4 aliphatic rings. The zero-order valence-corrected chi connectivity index (χ0v) is 23.9. The molecule has 41 heavy (non-hydrogen) atoms. The maximum absolute atomic E-state index is 14.1. The second-order valence-electron chi connectivity index (χ2n) is 12.1. The third-order valence-electron chi connectivity index (χ3n) is 9.61. The van der Waals surface area contributed by atoms with Gasteiger partial charge in [0.2, 0.25) is 11.6 Å². The molecule has 1 aromatic rings. The maximum atomic E-state index is 14.1. The van der Waals surface area contributed by atoms with Crippen LogP contribution in [-0.2, 0) is 38.5 Å². The van der Waals surface area contributed by atoms with Gasteiger partial charge in [0.15, 0.2) is 5.60 Å². The molecule has 5 rings (SSSR count). The number of aliphatic hydroxyl groups excluding tert-OH is 2. The second-order valence-corrected chi connectivity index (χ2v) is 12.1. The summed E-state index contributed by atoms with van der Waals surface area (Å²) in [5.41, 5.74) is 2.97. The molecule has 11 nitrogen and oxygen atoms in total. The quantitative estimate of drug-likeness (QED) is 0.110. The van der Waals surface area contributed by atoms with Gasteiger partial charge >= 0.3 is 0 Å². The van der Waals surface area contributed by atoms with Crippen molar-refractivity contribution in [2.75, 3.05) is 34.0 Å². The number of rotatable bonds is 9. The van der Waals surface area contributed by atoms with Crippen LogP contribution in [0.15, 0.2) is 23.0 Å². The third kappa shape index (κ3) is 4.20. The topological polar surface area (TPSA) is 183 Å². The molecule has 1 amide bonds. The number of fused-ring (bicyclic) bond motifs is 4. The van der Waals surface area contributed by atoms with Crippen LogP contribution in [0.1, 0.15) is 48.9 Å². The van der Waals surface area contributed by atoms with Crippen LogP contribution in [0, 0.1) is 23.2 Å². The first kappa shape index (κ1) is 29.2. The highest BCUT2D eigenvalue weighted by atomic mass is 16.5. The van der Waals surface area contributed by atoms with Crippen molar-refractivity contribution in [2.24, 2.45) is 28.9 Å². The first-order chi connectivity index (χ1) is 19.3. The number of primary amides is 1. The normalized spacial score (nSPS) is 30.5. The molecule has 2 saturated carbocycles. The molecule has 222 valence electrons. The number of aliphatic hydroxyl groups is 3. The fourth-order valence-corrected chi connectivity index (χ4v) is 7.37. The van der Waals surface area contributed by atoms with Gasteiger partial charge in [-0.25, -0.2) is 0 Å². The van der Waals surface area contributed by atoms with E-state index in [4.69, 9.17) is 10.5 Å². The van der Waals surface area contributed by atoms with E-state index in [1.165, 1.54) is 0 Å². The second kappa shape index (κ2) is 10.2. The Bertz CT molecular complexity index is 1400. The molecule has 0 bridgehead atoms. The van der Waals surface area contributed by atoms with Gasteiger partial charge in [-0.2, -0.15) is 0 Å². The Balaban J connectivity index is 1.53. The lowest BCUT2D eigenvalue weighted by Crippen LogP contribution is -2.64. The van der Waals surface area contributed by atoms with Crippen molar-refractivity contribution in [3.63, 3.8) is 0 Å². The zero-order chi connectivity index (χ0) is 30.0. The first-order valence-electron chi connectivity index (χ1n) is 14.1. The zero-order valence-electron chi connectivity index (χ0n) is 23.9. The van der Waals surface area contributed by atoms with E-state index < -0.39 is 57.4 Å². The molecule has 1 spiro atoms. The fourth-order valence-electron chi connectivity index (χ4n) is 7.37. The largest absolute Gasteiger partial charge is 0.511 e. The molecule has 0 radical (unpaired) electrons. The number of nitrogens with two attached hydrogens (primary N) is 1. The SMILES string of the molecule is CCc1cc(CNCOCCN(C)C)c(O)c2c1C[C@H]1C[C@H]3C4(CC4C)C(O)=C(C(N)=O)C(=O)[C@@]3(O)C(=O)C1=C2O. The van der Waals surface area contributed by atoms with E-state index in [-0.39, 0.29) is 42.5 Å². The molecule has 2 unspecified atom stereocenters. The molecular formula is C30H39N3O8. The van der Waals surface area contributed by atoms with E-state index in [2.05, 4.69) is 5.32 Å². The summed E-state index contributed by atoms with van der Waals surface area (Å²) in [4.78, 5) is 41.7. The number of amides is 1. The Hall–Kier alpha value is -3.25. The number of phenolic OH excluding ortho intramolecular Hbond substituents is 1. The number of hydrogen-bond donors (Lipinski definition) is 6. The van der Waals surface area contributed by atoms with E-state index in [1.54, 1.807) is 0 Å². The molecule has 11 heteroatoms. The van der Waals surface area contributed by atoms with Crippen LogP contribution in [0.5, 0.6) is 5.75 Å². The lowest BCUT2D eigenvalue weighted by atomic mass is 9.54. The molecule has 0 aliphatic heterocycles. The molecule has 7 N–H and O–H groups in total. The van der Waals surface area contributed by atoms with Gasteiger partial charge in [0.1, 0.15) is 22.8 Å². The van der Waals surface area contributed by atoms with Crippen LogP contribution in [0.2, 0.25) is 0 Å². The number of Topliss-reactive ketones (excluding diaryl/α,β-unsaturated/α-hetero) is 2. The summed E-state index contributed by atoms with van der Waals surface area (Å²) >= 11 is 0. The average molecular weight is 570 g/mol. The van der Waals surface area contributed by atoms with Gasteiger partial charge in [-0.3, -0.25) is 19.7 Å². The summed E-state index contributed by atoms with van der Waals surface area (Å²) in [6.45, 7) is 5.56. The van der Waals surface area contributed by atoms with Crippen LogP contribution in [0.4, 0.5) is 0 Å². The smallest absolute Gasteiger partial charge is 0.255 e. The predicted molar refractivity (Wildman–Crippen MR) is 149 cm³/mol. The van der Waals surface area contributed by atoms with E-state index in [0.717, 1.165) is 12.1 Å². The number of ether oxygens (including phenoxy) is 1. The standard InChI is InChI=1S/C30H39N3O8/c1-5-15-8-17(12-32-13-41-7-6-33(3)4)23(34)21-18(15)9-16-10-19-29(11-14(29)2)25(36)22(28(31)39)27(38)30(19,40)26(37)20(16)24(21)35/h8,14,16,19,32,34-36,40H,5-7,9-13H2,1-4H3,(H2,31,39)/t14?,16-,19-,29?,30-/m0/s1. The number of benzene rings is 1. The van der Waals surface area contributed by atoms with Gasteiger partial charge in [-0.1, -0.05) is 19.9 Å². The van der Waals surface area contributed by atoms with Crippen molar-refractivity contribution in [2.45, 2.75) is 51.7 Å². The van der Waals surface area contributed by atoms with E-state index in [1.807, 2.05) is 38.9 Å². The highest BCUT2D eigenvalue weighted by Gasteiger charge is 2.75. The predicted octanol–water partition coefficient (Wildman–Crippen LogP) is 1.25. The number of aromatic hydroxyl groups is 1. The Morgan fingerprint density at radius 3 is 2.46 bits per heavy atom. The van der Waals surface area contributed by atoms with Gasteiger partial charge in [-0.05, 0) is 62.7 Å². The van der Waals surface area contributed by atoms with Gasteiger partial charge in [0.05, 0.1) is 18.9 Å². The highest BCUT2D eigenvalue weighted by Crippen LogP contribution is 2.70. The summed E-state index contributed by atoms with van der Waals surface area (Å²) in [5.74, 6) is -6.31. The number of hydrogen-bond acceptors (Lipinski definition) is 10. The number of nitrogens with one attached hydrogen (secondary N) is 1. The lowest BCUT2D eigenvalue weighted by molar-refractivity contribution is -0.163. The Kier molecular flexibility index (Phi) is 7.30. The van der Waals surface area contributed by atoms with Gasteiger partial charge in [0.25, 0.3) is 5.91 Å². The molecule has 0 heterocycles. The number of aryl methyl sites for hydroxylation is 1. The minimum Gasteiger partial charge on any atom is -0.511 e. The Morgan fingerprint density at radius 1 is 1.20 bits per heavy atom. The molecular weight excluding hydrogens is 530 g/mol. The minimum absolute atomic E-state index is 0.114. The molecule has 0 aromatic heterocycles. The number of carbonyl (C=O) groups excluding carboxylic acids is 3. The van der Waals surface area contributed by atoms with Crippen molar-refractivity contribution >= 4 is 23.2 Å². The summed E-state index contributed by atoms with van der Waals surface area (Å²) in [6.07, 6.45) is 1.42. The first-order valence-corrected chi connectivity index (χ1v) is 14.1. The van der Waals surface area contributed by atoms with Crippen molar-refractivity contribution in [3.05, 3.63) is 45.2 Å². The van der Waals surface area contributed by atoms with Gasteiger partial charge in [-0.15, -0.1) is 0 Å². The lowest BCUT2D eigenvalue weighted by Gasteiger charge is -2.49. The van der Waals surface area contributed by atoms with Gasteiger partial charge < -0.3 is 35.8 Å². The Labute approximate surface area is 238 Å². The van der Waals surface area contributed by atoms with Crippen molar-refractivity contribution in [1.29, 1.82) is 0 Å². The molecule has 5 atom stereocenters. The number of phenols is 1. The third-order valence-corrected chi connectivity index (χ3v) is 9.61. The fraction of sp³-hybridized carbons (Fsp3) is 0.567. The maximum Gasteiger partial charge on any atom is 0.255 e. The van der Waals surface area contributed by atoms with Crippen LogP contribution < -0.4 is 11.1 Å². The Morgan fingerprint density at radius 2 is 1.88 bits per heavy atom. The highest BCUT2D eigenvalue weighted by molar-refractivity contribution is 6.33. The van der Waals surface area contributed by atoms with E-state index >= 15 is 0 Å². The number of ketones is 2. The molecule has 0 saturated heterocycles.